The summed E-state index contributed by atoms with van der Waals surface area (Å²) in [6.45, 7) is 6.40. The van der Waals surface area contributed by atoms with Crippen LogP contribution in [0.4, 0.5) is 9.52 Å². The zero-order valence-corrected chi connectivity index (χ0v) is 21.8. The van der Waals surface area contributed by atoms with Crippen molar-refractivity contribution < 1.29 is 28.6 Å². The van der Waals surface area contributed by atoms with E-state index in [0.717, 1.165) is 16.9 Å². The lowest BCUT2D eigenvalue weighted by Gasteiger charge is -2.24. The number of amides is 1. The molecule has 3 aromatic carbocycles. The van der Waals surface area contributed by atoms with Gasteiger partial charge in [-0.3, -0.25) is 14.5 Å². The van der Waals surface area contributed by atoms with E-state index in [2.05, 4.69) is 4.98 Å². The van der Waals surface area contributed by atoms with Crippen LogP contribution in [-0.2, 0) is 9.59 Å². The molecule has 0 saturated carbocycles. The van der Waals surface area contributed by atoms with Crippen molar-refractivity contribution in [2.45, 2.75) is 26.8 Å². The Hall–Kier alpha value is -4.24. The molecule has 1 saturated heterocycles. The number of aliphatic hydroxyl groups excluding tert-OH is 1. The molecule has 4 aromatic rings. The molecule has 1 N–H and O–H groups in total. The first-order chi connectivity index (χ1) is 18.3. The van der Waals surface area contributed by atoms with Crippen LogP contribution in [0.2, 0.25) is 0 Å². The molecule has 7 nitrogen and oxygen atoms in total. The van der Waals surface area contributed by atoms with Gasteiger partial charge in [0.25, 0.3) is 5.78 Å². The molecule has 1 aromatic heterocycles. The molecule has 0 bridgehead atoms. The zero-order valence-electron chi connectivity index (χ0n) is 21.0. The van der Waals surface area contributed by atoms with Crippen LogP contribution in [0.1, 0.15) is 36.6 Å². The maximum atomic E-state index is 13.9. The summed E-state index contributed by atoms with van der Waals surface area (Å²) in [6.07, 6.45) is 0. The van der Waals surface area contributed by atoms with Crippen molar-refractivity contribution in [2.75, 3.05) is 18.1 Å². The van der Waals surface area contributed by atoms with Crippen molar-refractivity contribution in [3.05, 3.63) is 88.7 Å². The minimum atomic E-state index is -1.00. The topological polar surface area (TPSA) is 89.0 Å². The number of ether oxygens (including phenoxy) is 2. The molecular weight excluding hydrogens is 507 g/mol. The highest BCUT2D eigenvalue weighted by Crippen LogP contribution is 2.46. The number of aliphatic hydroxyl groups is 1. The number of halogens is 1. The zero-order chi connectivity index (χ0) is 27.0. The van der Waals surface area contributed by atoms with Crippen molar-refractivity contribution >= 4 is 44.1 Å². The van der Waals surface area contributed by atoms with E-state index in [0.29, 0.717) is 46.1 Å². The number of anilines is 1. The van der Waals surface area contributed by atoms with Gasteiger partial charge < -0.3 is 14.6 Å². The summed E-state index contributed by atoms with van der Waals surface area (Å²) in [5.74, 6) is -1.45. The third-order valence-electron chi connectivity index (χ3n) is 6.20. The van der Waals surface area contributed by atoms with Gasteiger partial charge in [-0.1, -0.05) is 47.2 Å². The number of fused-ring (bicyclic) bond motifs is 1. The fraction of sp³-hybridized carbons (Fsp3) is 0.207. The quantitative estimate of drug-likeness (QED) is 0.174. The normalized spacial score (nSPS) is 16.8. The first-order valence-electron chi connectivity index (χ1n) is 12.2. The Kier molecular flexibility index (Phi) is 6.86. The van der Waals surface area contributed by atoms with Gasteiger partial charge in [0.05, 0.1) is 35.0 Å². The van der Waals surface area contributed by atoms with E-state index >= 15 is 0 Å². The van der Waals surface area contributed by atoms with Gasteiger partial charge in [-0.05, 0) is 56.7 Å². The van der Waals surface area contributed by atoms with Gasteiger partial charge in [0, 0.05) is 5.56 Å². The van der Waals surface area contributed by atoms with Crippen LogP contribution in [0.15, 0.2) is 66.2 Å². The largest absolute Gasteiger partial charge is 0.507 e. The Morgan fingerprint density at radius 1 is 1.00 bits per heavy atom. The number of carbonyl (C=O) groups excluding carboxylic acids is 2. The number of ketones is 1. The molecule has 1 atom stereocenters. The summed E-state index contributed by atoms with van der Waals surface area (Å²) in [6, 6.07) is 15.3. The molecule has 1 aliphatic rings. The van der Waals surface area contributed by atoms with Gasteiger partial charge in [0.15, 0.2) is 16.6 Å². The summed E-state index contributed by atoms with van der Waals surface area (Å²) >= 11 is 1.09. The summed E-state index contributed by atoms with van der Waals surface area (Å²) < 4.78 is 25.9. The van der Waals surface area contributed by atoms with E-state index < -0.39 is 23.5 Å². The molecule has 194 valence electrons. The third kappa shape index (κ3) is 4.50. The van der Waals surface area contributed by atoms with Crippen LogP contribution < -0.4 is 14.4 Å². The van der Waals surface area contributed by atoms with E-state index in [1.54, 1.807) is 30.3 Å². The lowest BCUT2D eigenvalue weighted by Crippen LogP contribution is -2.29. The number of benzene rings is 3. The number of hydrogen-bond acceptors (Lipinski definition) is 7. The van der Waals surface area contributed by atoms with Gasteiger partial charge in [0.2, 0.25) is 0 Å². The van der Waals surface area contributed by atoms with Gasteiger partial charge in [-0.15, -0.1) is 0 Å². The molecule has 1 unspecified atom stereocenters. The first-order valence-corrected chi connectivity index (χ1v) is 13.0. The third-order valence-corrected chi connectivity index (χ3v) is 7.22. The second-order valence-electron chi connectivity index (χ2n) is 8.72. The number of Topliss-reactive ketones (excluding diaryl/α,β-unsaturated/α-hetero) is 1. The highest BCUT2D eigenvalue weighted by atomic mass is 32.1. The van der Waals surface area contributed by atoms with Crippen LogP contribution in [-0.4, -0.2) is 35.0 Å². The van der Waals surface area contributed by atoms with Gasteiger partial charge in [-0.2, -0.15) is 0 Å². The van der Waals surface area contributed by atoms with Crippen molar-refractivity contribution in [1.82, 2.24) is 4.98 Å². The van der Waals surface area contributed by atoms with Gasteiger partial charge in [-0.25, -0.2) is 9.37 Å². The second kappa shape index (κ2) is 10.3. The van der Waals surface area contributed by atoms with Gasteiger partial charge >= 0.3 is 5.91 Å². The minimum absolute atomic E-state index is 0.0732. The van der Waals surface area contributed by atoms with Crippen molar-refractivity contribution in [2.24, 2.45) is 0 Å². The van der Waals surface area contributed by atoms with Crippen LogP contribution in [0.5, 0.6) is 11.5 Å². The maximum absolute atomic E-state index is 13.9. The van der Waals surface area contributed by atoms with E-state index in [-0.39, 0.29) is 16.5 Å². The number of nitrogens with zero attached hydrogens (tertiary/aromatic N) is 2. The maximum Gasteiger partial charge on any atom is 0.301 e. The van der Waals surface area contributed by atoms with Crippen LogP contribution in [0, 0.1) is 12.7 Å². The first kappa shape index (κ1) is 25.4. The summed E-state index contributed by atoms with van der Waals surface area (Å²) in [7, 11) is 0. The number of carbonyl (C=O) groups is 2. The highest BCUT2D eigenvalue weighted by molar-refractivity contribution is 7.22. The molecule has 38 heavy (non-hydrogen) atoms. The lowest BCUT2D eigenvalue weighted by atomic mass is 9.95. The van der Waals surface area contributed by atoms with E-state index in [9.17, 15) is 19.1 Å². The fourth-order valence-corrected chi connectivity index (χ4v) is 5.46. The predicted octanol–water partition coefficient (Wildman–Crippen LogP) is 6.17. The number of rotatable bonds is 7. The van der Waals surface area contributed by atoms with Crippen LogP contribution in [0.3, 0.4) is 0 Å². The van der Waals surface area contributed by atoms with Crippen LogP contribution in [0.25, 0.3) is 16.0 Å². The van der Waals surface area contributed by atoms with Crippen molar-refractivity contribution in [1.29, 1.82) is 0 Å². The average molecular weight is 533 g/mol. The summed E-state index contributed by atoms with van der Waals surface area (Å²) in [5.41, 5.74) is 2.33. The van der Waals surface area contributed by atoms with E-state index in [1.807, 2.05) is 32.9 Å². The molecule has 5 rings (SSSR count). The Balaban J connectivity index is 1.73. The smallest absolute Gasteiger partial charge is 0.301 e. The molecule has 1 fully saturated rings. The molecule has 2 heterocycles. The van der Waals surface area contributed by atoms with E-state index in [1.165, 1.54) is 23.1 Å². The minimum Gasteiger partial charge on any atom is -0.507 e. The Labute approximate surface area is 222 Å². The Bertz CT molecular complexity index is 1580. The van der Waals surface area contributed by atoms with Crippen molar-refractivity contribution in [3.63, 3.8) is 0 Å². The summed E-state index contributed by atoms with van der Waals surface area (Å²) in [4.78, 5) is 32.7. The summed E-state index contributed by atoms with van der Waals surface area (Å²) in [5, 5.41) is 11.6. The van der Waals surface area contributed by atoms with E-state index in [4.69, 9.17) is 9.47 Å². The van der Waals surface area contributed by atoms with Crippen molar-refractivity contribution in [3.8, 4) is 11.5 Å². The predicted molar refractivity (Wildman–Crippen MR) is 144 cm³/mol. The monoisotopic (exact) mass is 532 g/mol. The molecule has 0 radical (unpaired) electrons. The van der Waals surface area contributed by atoms with Gasteiger partial charge in [0.1, 0.15) is 11.6 Å². The number of aryl methyl sites for hydroxylation is 1. The molecule has 0 spiro atoms. The Morgan fingerprint density at radius 3 is 2.42 bits per heavy atom. The lowest BCUT2D eigenvalue weighted by molar-refractivity contribution is -0.132. The van der Waals surface area contributed by atoms with Crippen LogP contribution >= 0.6 is 11.3 Å². The highest BCUT2D eigenvalue weighted by Gasteiger charge is 2.48. The molecule has 1 aliphatic heterocycles. The molecule has 1 amide bonds. The average Bonchev–Trinajstić information content (AvgIpc) is 3.43. The number of hydrogen-bond donors (Lipinski definition) is 1. The standard InChI is InChI=1S/C29H25FN2O5S/c1-4-36-21-13-10-18(14-22(21)37-5-2)25-24(26(33)17-8-6-16(3)7-9-17)27(34)28(35)32(25)29-31-20-12-11-19(30)15-23(20)38-29/h6-15,25,33H,4-5H2,1-3H3. The molecule has 0 aliphatic carbocycles. The number of thiazole rings is 1. The Morgan fingerprint density at radius 2 is 1.71 bits per heavy atom. The number of aromatic nitrogens is 1. The molecule has 9 heteroatoms. The fourth-order valence-electron chi connectivity index (χ4n) is 4.44. The SMILES string of the molecule is CCOc1ccc(C2C(=C(O)c3ccc(C)cc3)C(=O)C(=O)N2c2nc3ccc(F)cc3s2)cc1OCC. The second-order valence-corrected chi connectivity index (χ2v) is 9.72. The molecular formula is C29H25FN2O5S.